The van der Waals surface area contributed by atoms with Crippen LogP contribution in [0.2, 0.25) is 0 Å². The number of nitrogens with zero attached hydrogens (tertiary/aromatic N) is 3. The molecule has 12 heteroatoms. The van der Waals surface area contributed by atoms with Crippen molar-refractivity contribution in [1.29, 1.82) is 0 Å². The SMILES string of the molecule is CC1(C#Cc2cc3c(nc2F)Oc2ccc(-c4cccnc4F)cc2C32COC(N)=N2)COC1.CC1(C=C(Br)Br)COC1. The van der Waals surface area contributed by atoms with Gasteiger partial charge in [0.2, 0.25) is 17.8 Å². The number of benzene rings is 1. The molecule has 1 atom stereocenters. The Bertz CT molecular complexity index is 1730. The number of aliphatic imine (C=N–C) groups is 1. The van der Waals surface area contributed by atoms with Gasteiger partial charge >= 0.3 is 0 Å². The lowest BCUT2D eigenvalue weighted by Gasteiger charge is -2.35. The largest absolute Gasteiger partial charge is 0.462 e. The van der Waals surface area contributed by atoms with Crippen molar-refractivity contribution in [2.45, 2.75) is 19.4 Å². The molecule has 1 aromatic carbocycles. The number of hydrogen-bond donors (Lipinski definition) is 1. The van der Waals surface area contributed by atoms with Gasteiger partial charge in [-0.05, 0) is 74.7 Å². The van der Waals surface area contributed by atoms with E-state index in [2.05, 4.69) is 71.7 Å². The van der Waals surface area contributed by atoms with E-state index in [0.717, 1.165) is 16.6 Å². The smallest absolute Gasteiger partial charge is 0.283 e. The van der Waals surface area contributed by atoms with Crippen LogP contribution in [-0.4, -0.2) is 49.0 Å². The molecule has 2 aromatic heterocycles. The number of amidine groups is 1. The minimum Gasteiger partial charge on any atom is -0.462 e. The van der Waals surface area contributed by atoms with Crippen molar-refractivity contribution in [3.05, 3.63) is 80.6 Å². The Labute approximate surface area is 264 Å². The molecule has 0 aliphatic carbocycles. The van der Waals surface area contributed by atoms with Gasteiger partial charge in [0.1, 0.15) is 12.4 Å². The molecule has 43 heavy (non-hydrogen) atoms. The van der Waals surface area contributed by atoms with Crippen LogP contribution in [0.15, 0.2) is 57.1 Å². The minimum absolute atomic E-state index is 0.0205. The molecule has 2 fully saturated rings. The predicted molar refractivity (Wildman–Crippen MR) is 163 cm³/mol. The second-order valence-corrected chi connectivity index (χ2v) is 14.1. The van der Waals surface area contributed by atoms with E-state index >= 15 is 0 Å². The van der Waals surface area contributed by atoms with Gasteiger partial charge in [0.25, 0.3) is 6.02 Å². The number of nitrogens with two attached hydrogens (primary N) is 1. The van der Waals surface area contributed by atoms with Gasteiger partial charge in [-0.15, -0.1) is 0 Å². The maximum Gasteiger partial charge on any atom is 0.283 e. The van der Waals surface area contributed by atoms with E-state index in [1.54, 1.807) is 36.4 Å². The van der Waals surface area contributed by atoms with E-state index < -0.39 is 17.4 Å². The fraction of sp³-hybridized carbons (Fsp3) is 0.323. The van der Waals surface area contributed by atoms with Crippen molar-refractivity contribution >= 4 is 37.9 Å². The molecule has 222 valence electrons. The van der Waals surface area contributed by atoms with Crippen molar-refractivity contribution < 1.29 is 27.7 Å². The third-order valence-electron chi connectivity index (χ3n) is 7.48. The molecule has 4 aliphatic rings. The Hall–Kier alpha value is -3.37. The molecule has 0 amide bonds. The highest BCUT2D eigenvalue weighted by atomic mass is 79.9. The monoisotopic (exact) mass is 714 g/mol. The number of ether oxygens (including phenoxy) is 4. The lowest BCUT2D eigenvalue weighted by Crippen LogP contribution is -2.38. The predicted octanol–water partition coefficient (Wildman–Crippen LogP) is 6.16. The molecule has 0 radical (unpaired) electrons. The third-order valence-corrected chi connectivity index (χ3v) is 7.94. The first-order valence-corrected chi connectivity index (χ1v) is 14.9. The molecule has 2 N–H and O–H groups in total. The fourth-order valence-electron chi connectivity index (χ4n) is 5.07. The van der Waals surface area contributed by atoms with Gasteiger partial charge in [0.15, 0.2) is 5.54 Å². The van der Waals surface area contributed by atoms with E-state index in [1.807, 2.05) is 6.92 Å². The summed E-state index contributed by atoms with van der Waals surface area (Å²) in [4.78, 5) is 12.3. The molecule has 6 heterocycles. The Morgan fingerprint density at radius 2 is 1.77 bits per heavy atom. The zero-order valence-electron chi connectivity index (χ0n) is 23.2. The van der Waals surface area contributed by atoms with E-state index in [1.165, 1.54) is 6.20 Å². The summed E-state index contributed by atoms with van der Waals surface area (Å²) < 4.78 is 52.0. The van der Waals surface area contributed by atoms with E-state index in [9.17, 15) is 8.78 Å². The van der Waals surface area contributed by atoms with E-state index in [-0.39, 0.29) is 34.9 Å². The molecule has 1 spiro atoms. The molecule has 0 saturated carbocycles. The summed E-state index contributed by atoms with van der Waals surface area (Å²) in [5.41, 5.74) is 6.76. The average Bonchev–Trinajstić information content (AvgIpc) is 3.32. The van der Waals surface area contributed by atoms with Crippen LogP contribution in [0.5, 0.6) is 11.6 Å². The number of halogens is 4. The topological polar surface area (TPSA) is 101 Å². The summed E-state index contributed by atoms with van der Waals surface area (Å²) >= 11 is 6.61. The van der Waals surface area contributed by atoms with Gasteiger partial charge in [-0.25, -0.2) is 9.98 Å². The summed E-state index contributed by atoms with van der Waals surface area (Å²) in [6, 6.07) is 9.94. The number of hydrogen-bond acceptors (Lipinski definition) is 8. The fourth-order valence-corrected chi connectivity index (χ4v) is 6.18. The maximum atomic E-state index is 14.9. The highest BCUT2D eigenvalue weighted by Crippen LogP contribution is 2.51. The number of fused-ring (bicyclic) bond motifs is 4. The zero-order chi connectivity index (χ0) is 30.4. The molecule has 4 aliphatic heterocycles. The number of aromatic nitrogens is 2. The summed E-state index contributed by atoms with van der Waals surface area (Å²) in [5, 5.41) is 0. The minimum atomic E-state index is -1.15. The van der Waals surface area contributed by atoms with Gasteiger partial charge < -0.3 is 24.7 Å². The van der Waals surface area contributed by atoms with Gasteiger partial charge in [0.05, 0.1) is 46.4 Å². The Morgan fingerprint density at radius 3 is 2.35 bits per heavy atom. The molecule has 1 unspecified atom stereocenters. The van der Waals surface area contributed by atoms with Gasteiger partial charge in [-0.2, -0.15) is 13.8 Å². The van der Waals surface area contributed by atoms with Gasteiger partial charge in [-0.1, -0.05) is 30.9 Å². The van der Waals surface area contributed by atoms with Crippen molar-refractivity contribution in [2.75, 3.05) is 33.0 Å². The first-order chi connectivity index (χ1) is 20.5. The third kappa shape index (κ3) is 5.79. The van der Waals surface area contributed by atoms with Crippen molar-refractivity contribution in [1.82, 2.24) is 9.97 Å². The summed E-state index contributed by atoms with van der Waals surface area (Å²) in [7, 11) is 0. The molecule has 2 saturated heterocycles. The number of rotatable bonds is 2. The van der Waals surface area contributed by atoms with Crippen LogP contribution in [0.25, 0.3) is 11.1 Å². The first kappa shape index (κ1) is 29.7. The van der Waals surface area contributed by atoms with Crippen LogP contribution in [0.4, 0.5) is 8.78 Å². The maximum absolute atomic E-state index is 14.9. The first-order valence-electron chi connectivity index (χ1n) is 13.3. The van der Waals surface area contributed by atoms with Crippen LogP contribution in [0.3, 0.4) is 0 Å². The molecule has 8 nitrogen and oxygen atoms in total. The number of pyridine rings is 2. The quantitative estimate of drug-likeness (QED) is 0.251. The average molecular weight is 716 g/mol. The summed E-state index contributed by atoms with van der Waals surface area (Å²) in [6.45, 7) is 6.82. The van der Waals surface area contributed by atoms with E-state index in [4.69, 9.17) is 24.7 Å². The van der Waals surface area contributed by atoms with Crippen molar-refractivity contribution in [3.63, 3.8) is 0 Å². The molecule has 7 rings (SSSR count). The Balaban J connectivity index is 0.000000315. The lowest BCUT2D eigenvalue weighted by molar-refractivity contribution is -0.0707. The van der Waals surface area contributed by atoms with Crippen LogP contribution in [-0.2, 0) is 19.7 Å². The molecular formula is C31H26Br2F2N4O4. The van der Waals surface area contributed by atoms with E-state index in [0.29, 0.717) is 41.2 Å². The van der Waals surface area contributed by atoms with Gasteiger partial charge in [-0.3, -0.25) is 0 Å². The lowest BCUT2D eigenvalue weighted by atomic mass is 9.81. The normalized spacial score (nSPS) is 21.5. The zero-order valence-corrected chi connectivity index (χ0v) is 26.4. The van der Waals surface area contributed by atoms with Crippen LogP contribution in [0, 0.1) is 34.6 Å². The second-order valence-electron chi connectivity index (χ2n) is 11.3. The highest BCUT2D eigenvalue weighted by Gasteiger charge is 2.48. The molecule has 3 aromatic rings. The van der Waals surface area contributed by atoms with Crippen LogP contribution >= 0.6 is 31.9 Å². The Kier molecular flexibility index (Phi) is 7.79. The van der Waals surface area contributed by atoms with Crippen LogP contribution < -0.4 is 10.5 Å². The van der Waals surface area contributed by atoms with Gasteiger partial charge in [0, 0.05) is 22.7 Å². The summed E-state index contributed by atoms with van der Waals surface area (Å²) in [6.07, 6.45) is 3.50. The Morgan fingerprint density at radius 1 is 1.00 bits per heavy atom. The van der Waals surface area contributed by atoms with Crippen molar-refractivity contribution in [3.8, 4) is 34.6 Å². The van der Waals surface area contributed by atoms with Crippen molar-refractivity contribution in [2.24, 2.45) is 21.6 Å². The molecule has 0 bridgehead atoms. The summed E-state index contributed by atoms with van der Waals surface area (Å²) in [5.74, 6) is 5.05. The second kappa shape index (κ2) is 11.3. The van der Waals surface area contributed by atoms with Crippen LogP contribution in [0.1, 0.15) is 30.5 Å². The molecular weight excluding hydrogens is 690 g/mol. The standard InChI is InChI=1S/C25H18F2N4O3.C6H8Br2O/c1-24(11-32-12-24)7-6-15-10-18-22(30-20(15)26)34-19-5-4-14(16-3-2-8-29-21(16)27)9-17(19)25(18)13-33-23(28)31-25;1-6(2-5(7)8)3-9-4-6/h2-5,8-10H,11-13H2,1H3,(H2,28,31);2H,3-4H2,1H3. The highest BCUT2D eigenvalue weighted by molar-refractivity contribution is 9.28.